The number of benzene rings is 1. The van der Waals surface area contributed by atoms with Gasteiger partial charge in [0.15, 0.2) is 0 Å². The summed E-state index contributed by atoms with van der Waals surface area (Å²) in [6.07, 6.45) is 0.322. The lowest BCUT2D eigenvalue weighted by atomic mass is 9.96. The summed E-state index contributed by atoms with van der Waals surface area (Å²) in [5.41, 5.74) is 0.681. The molecule has 5 nitrogen and oxygen atoms in total. The fourth-order valence-corrected chi connectivity index (χ4v) is 2.12. The average molecular weight is 333 g/mol. The Kier molecular flexibility index (Phi) is 7.92. The van der Waals surface area contributed by atoms with Crippen LogP contribution >= 0.6 is 0 Å². The van der Waals surface area contributed by atoms with Crippen LogP contribution in [0.3, 0.4) is 0 Å². The SMILES string of the molecule is CN(C)CCN(Cc1ccccc1)C(=O)CCNC(=O)C(C)(C)C. The van der Waals surface area contributed by atoms with Crippen LogP contribution in [0, 0.1) is 5.41 Å². The van der Waals surface area contributed by atoms with Crippen molar-refractivity contribution < 1.29 is 9.59 Å². The molecule has 0 spiro atoms. The number of hydrogen-bond donors (Lipinski definition) is 1. The molecule has 5 heteroatoms. The third kappa shape index (κ3) is 7.59. The predicted molar refractivity (Wildman–Crippen MR) is 97.5 cm³/mol. The van der Waals surface area contributed by atoms with E-state index in [0.717, 1.165) is 12.1 Å². The molecule has 24 heavy (non-hydrogen) atoms. The standard InChI is InChI=1S/C19H31N3O2/c1-19(2,3)18(24)20-12-11-17(23)22(14-13-21(4)5)15-16-9-7-6-8-10-16/h6-10H,11-15H2,1-5H3,(H,20,24). The van der Waals surface area contributed by atoms with E-state index in [1.807, 2.05) is 70.1 Å². The van der Waals surface area contributed by atoms with Crippen molar-refractivity contribution in [3.63, 3.8) is 0 Å². The summed E-state index contributed by atoms with van der Waals surface area (Å²) in [5, 5.41) is 2.84. The van der Waals surface area contributed by atoms with Gasteiger partial charge in [-0.15, -0.1) is 0 Å². The number of nitrogens with one attached hydrogen (secondary N) is 1. The molecule has 0 atom stereocenters. The molecule has 0 unspecified atom stereocenters. The smallest absolute Gasteiger partial charge is 0.225 e. The van der Waals surface area contributed by atoms with Gasteiger partial charge in [-0.25, -0.2) is 0 Å². The normalized spacial score (nSPS) is 11.4. The van der Waals surface area contributed by atoms with Crippen LogP contribution in [-0.4, -0.2) is 55.3 Å². The van der Waals surface area contributed by atoms with Gasteiger partial charge in [-0.05, 0) is 19.7 Å². The lowest BCUT2D eigenvalue weighted by Gasteiger charge is -2.25. The molecular weight excluding hydrogens is 302 g/mol. The summed E-state index contributed by atoms with van der Waals surface area (Å²) in [6, 6.07) is 9.98. The van der Waals surface area contributed by atoms with Gasteiger partial charge in [0.2, 0.25) is 11.8 Å². The Bertz CT molecular complexity index is 521. The van der Waals surface area contributed by atoms with Gasteiger partial charge in [-0.1, -0.05) is 51.1 Å². The monoisotopic (exact) mass is 333 g/mol. The van der Waals surface area contributed by atoms with Gasteiger partial charge in [0.05, 0.1) is 0 Å². The summed E-state index contributed by atoms with van der Waals surface area (Å²) in [4.78, 5) is 28.3. The highest BCUT2D eigenvalue weighted by molar-refractivity contribution is 5.82. The number of amides is 2. The minimum Gasteiger partial charge on any atom is -0.355 e. The van der Waals surface area contributed by atoms with Crippen LogP contribution < -0.4 is 5.32 Å². The van der Waals surface area contributed by atoms with Gasteiger partial charge in [0.1, 0.15) is 0 Å². The lowest BCUT2D eigenvalue weighted by Crippen LogP contribution is -2.40. The highest BCUT2D eigenvalue weighted by Crippen LogP contribution is 2.12. The molecule has 0 saturated carbocycles. The largest absolute Gasteiger partial charge is 0.355 e. The summed E-state index contributed by atoms with van der Waals surface area (Å²) < 4.78 is 0. The third-order valence-corrected chi connectivity index (χ3v) is 3.69. The van der Waals surface area contributed by atoms with Crippen molar-refractivity contribution in [2.24, 2.45) is 5.41 Å². The maximum absolute atomic E-state index is 12.5. The molecule has 1 aromatic carbocycles. The number of nitrogens with zero attached hydrogens (tertiary/aromatic N) is 2. The first-order valence-corrected chi connectivity index (χ1v) is 8.45. The summed E-state index contributed by atoms with van der Waals surface area (Å²) in [6.45, 7) is 8.05. The van der Waals surface area contributed by atoms with Crippen molar-refractivity contribution in [1.82, 2.24) is 15.1 Å². The number of hydrogen-bond acceptors (Lipinski definition) is 3. The summed E-state index contributed by atoms with van der Waals surface area (Å²) in [5.74, 6) is 0.0353. The van der Waals surface area contributed by atoms with E-state index >= 15 is 0 Å². The number of likely N-dealkylation sites (N-methyl/N-ethyl adjacent to an activating group) is 1. The van der Waals surface area contributed by atoms with Crippen molar-refractivity contribution in [2.75, 3.05) is 33.7 Å². The Morgan fingerprint density at radius 2 is 1.67 bits per heavy atom. The molecular formula is C19H31N3O2. The molecule has 0 radical (unpaired) electrons. The topological polar surface area (TPSA) is 52.6 Å². The maximum atomic E-state index is 12.5. The second-order valence-corrected chi connectivity index (χ2v) is 7.36. The highest BCUT2D eigenvalue weighted by atomic mass is 16.2. The number of carbonyl (C=O) groups excluding carboxylic acids is 2. The molecule has 0 aliphatic rings. The van der Waals surface area contributed by atoms with Gasteiger partial charge in [-0.3, -0.25) is 9.59 Å². The zero-order valence-corrected chi connectivity index (χ0v) is 15.6. The second kappa shape index (κ2) is 9.42. The van der Waals surface area contributed by atoms with Crippen LogP contribution in [0.15, 0.2) is 30.3 Å². The van der Waals surface area contributed by atoms with Crippen LogP contribution in [0.25, 0.3) is 0 Å². The quantitative estimate of drug-likeness (QED) is 0.793. The Morgan fingerprint density at radius 1 is 1.04 bits per heavy atom. The highest BCUT2D eigenvalue weighted by Gasteiger charge is 2.21. The van der Waals surface area contributed by atoms with Gasteiger partial charge < -0.3 is 15.1 Å². The first-order chi connectivity index (χ1) is 11.2. The molecule has 2 amide bonds. The van der Waals surface area contributed by atoms with Gasteiger partial charge in [0, 0.05) is 38.0 Å². The van der Waals surface area contributed by atoms with Crippen LogP contribution in [-0.2, 0) is 16.1 Å². The van der Waals surface area contributed by atoms with E-state index in [0.29, 0.717) is 26.1 Å². The maximum Gasteiger partial charge on any atom is 0.225 e. The number of rotatable bonds is 8. The summed E-state index contributed by atoms with van der Waals surface area (Å²) >= 11 is 0. The third-order valence-electron chi connectivity index (χ3n) is 3.69. The fraction of sp³-hybridized carbons (Fsp3) is 0.579. The second-order valence-electron chi connectivity index (χ2n) is 7.36. The van der Waals surface area contributed by atoms with E-state index in [9.17, 15) is 9.59 Å². The Balaban J connectivity index is 2.58. The van der Waals surface area contributed by atoms with Crippen LogP contribution in [0.4, 0.5) is 0 Å². The Hall–Kier alpha value is -1.88. The van der Waals surface area contributed by atoms with Gasteiger partial charge in [0.25, 0.3) is 0 Å². The molecule has 0 fully saturated rings. The molecule has 0 bridgehead atoms. The van der Waals surface area contributed by atoms with Crippen LogP contribution in [0.2, 0.25) is 0 Å². The molecule has 1 aromatic rings. The lowest BCUT2D eigenvalue weighted by molar-refractivity contribution is -0.132. The molecule has 0 aromatic heterocycles. The predicted octanol–water partition coefficient (Wildman–Crippen LogP) is 2.13. The van der Waals surface area contributed by atoms with Crippen molar-refractivity contribution in [3.05, 3.63) is 35.9 Å². The van der Waals surface area contributed by atoms with Crippen molar-refractivity contribution in [1.29, 1.82) is 0 Å². The van der Waals surface area contributed by atoms with E-state index in [4.69, 9.17) is 0 Å². The molecule has 0 aliphatic heterocycles. The van der Waals surface area contributed by atoms with E-state index < -0.39 is 5.41 Å². The van der Waals surface area contributed by atoms with Gasteiger partial charge in [-0.2, -0.15) is 0 Å². The molecule has 0 aliphatic carbocycles. The zero-order chi connectivity index (χ0) is 18.2. The molecule has 1 rings (SSSR count). The van der Waals surface area contributed by atoms with Crippen LogP contribution in [0.1, 0.15) is 32.8 Å². The fourth-order valence-electron chi connectivity index (χ4n) is 2.12. The molecule has 134 valence electrons. The Labute approximate surface area is 146 Å². The minimum absolute atomic E-state index is 0.0294. The summed E-state index contributed by atoms with van der Waals surface area (Å²) in [7, 11) is 3.99. The van der Waals surface area contributed by atoms with Crippen molar-refractivity contribution in [3.8, 4) is 0 Å². The minimum atomic E-state index is -0.433. The van der Waals surface area contributed by atoms with Crippen LogP contribution in [0.5, 0.6) is 0 Å². The number of carbonyl (C=O) groups is 2. The molecule has 0 heterocycles. The van der Waals surface area contributed by atoms with Gasteiger partial charge >= 0.3 is 0 Å². The first-order valence-electron chi connectivity index (χ1n) is 8.45. The van der Waals surface area contributed by atoms with E-state index in [-0.39, 0.29) is 11.8 Å². The Morgan fingerprint density at radius 3 is 2.21 bits per heavy atom. The van der Waals surface area contributed by atoms with E-state index in [1.165, 1.54) is 0 Å². The van der Waals surface area contributed by atoms with E-state index in [1.54, 1.807) is 0 Å². The average Bonchev–Trinajstić information content (AvgIpc) is 2.51. The zero-order valence-electron chi connectivity index (χ0n) is 15.6. The van der Waals surface area contributed by atoms with Crippen molar-refractivity contribution >= 4 is 11.8 Å². The molecule has 1 N–H and O–H groups in total. The molecule has 0 saturated heterocycles. The first kappa shape index (κ1) is 20.2. The van der Waals surface area contributed by atoms with E-state index in [2.05, 4.69) is 10.2 Å². The van der Waals surface area contributed by atoms with Crippen molar-refractivity contribution in [2.45, 2.75) is 33.7 Å².